The van der Waals surface area contributed by atoms with Crippen LogP contribution in [0.2, 0.25) is 0 Å². The Balaban J connectivity index is 1.58. The number of benzene rings is 1. The highest BCUT2D eigenvalue weighted by Crippen LogP contribution is 2.38. The standard InChI is InChI=1S/C18H21N3O/c1-14-3-5-15(6-4-14)11-18(9-10-18)20-17(22)8-7-16-12-19-21(2)13-16/h3-8,12-13H,9-11H2,1-2H3,(H,20,22)/b8-7+. The number of aromatic nitrogens is 2. The Kier molecular flexibility index (Phi) is 3.84. The van der Waals surface area contributed by atoms with Crippen molar-refractivity contribution in [2.24, 2.45) is 7.05 Å². The highest BCUT2D eigenvalue weighted by Gasteiger charge is 2.43. The van der Waals surface area contributed by atoms with E-state index in [2.05, 4.69) is 41.6 Å². The molecule has 0 bridgehead atoms. The number of nitrogens with zero attached hydrogens (tertiary/aromatic N) is 2. The van der Waals surface area contributed by atoms with Crippen LogP contribution in [0, 0.1) is 6.92 Å². The highest BCUT2D eigenvalue weighted by molar-refractivity contribution is 5.92. The summed E-state index contributed by atoms with van der Waals surface area (Å²) in [4.78, 5) is 12.1. The van der Waals surface area contributed by atoms with Gasteiger partial charge in [-0.05, 0) is 37.8 Å². The first-order valence-electron chi connectivity index (χ1n) is 7.59. The van der Waals surface area contributed by atoms with Crippen molar-refractivity contribution in [2.45, 2.75) is 31.7 Å². The molecule has 0 saturated heterocycles. The molecule has 1 fully saturated rings. The smallest absolute Gasteiger partial charge is 0.244 e. The summed E-state index contributed by atoms with van der Waals surface area (Å²) in [5.41, 5.74) is 3.42. The fraction of sp³-hybridized carbons (Fsp3) is 0.333. The number of aryl methyl sites for hydroxylation is 2. The molecule has 0 radical (unpaired) electrons. The zero-order chi connectivity index (χ0) is 15.6. The lowest BCUT2D eigenvalue weighted by Crippen LogP contribution is -2.37. The van der Waals surface area contributed by atoms with Gasteiger partial charge >= 0.3 is 0 Å². The first kappa shape index (κ1) is 14.6. The third-order valence-corrected chi connectivity index (χ3v) is 4.06. The molecule has 1 aliphatic rings. The van der Waals surface area contributed by atoms with Crippen molar-refractivity contribution in [3.05, 3.63) is 59.4 Å². The lowest BCUT2D eigenvalue weighted by Gasteiger charge is -2.16. The van der Waals surface area contributed by atoms with Crippen LogP contribution in [-0.4, -0.2) is 21.2 Å². The van der Waals surface area contributed by atoms with E-state index in [-0.39, 0.29) is 11.4 Å². The average Bonchev–Trinajstić information content (AvgIpc) is 3.10. The van der Waals surface area contributed by atoms with Crippen LogP contribution in [-0.2, 0) is 18.3 Å². The molecular weight excluding hydrogens is 274 g/mol. The van der Waals surface area contributed by atoms with Gasteiger partial charge in [-0.2, -0.15) is 5.10 Å². The first-order chi connectivity index (χ1) is 10.5. The Morgan fingerprint density at radius 1 is 1.36 bits per heavy atom. The zero-order valence-corrected chi connectivity index (χ0v) is 13.0. The van der Waals surface area contributed by atoms with E-state index < -0.39 is 0 Å². The van der Waals surface area contributed by atoms with Crippen molar-refractivity contribution in [1.29, 1.82) is 0 Å². The number of hydrogen-bond donors (Lipinski definition) is 1. The molecule has 1 saturated carbocycles. The molecule has 4 heteroatoms. The second kappa shape index (κ2) is 5.79. The second-order valence-corrected chi connectivity index (χ2v) is 6.21. The molecule has 1 aromatic heterocycles. The topological polar surface area (TPSA) is 46.9 Å². The summed E-state index contributed by atoms with van der Waals surface area (Å²) in [6.45, 7) is 2.09. The van der Waals surface area contributed by atoms with E-state index in [4.69, 9.17) is 0 Å². The summed E-state index contributed by atoms with van der Waals surface area (Å²) in [6.07, 6.45) is 10.0. The van der Waals surface area contributed by atoms with E-state index in [1.165, 1.54) is 11.1 Å². The Labute approximate surface area is 130 Å². The predicted octanol–water partition coefficient (Wildman–Crippen LogP) is 2.63. The number of carbonyl (C=O) groups excluding carboxylic acids is 1. The SMILES string of the molecule is Cc1ccc(CC2(NC(=O)/C=C/c3cnn(C)c3)CC2)cc1. The van der Waals surface area contributed by atoms with E-state index in [1.807, 2.05) is 13.2 Å². The van der Waals surface area contributed by atoms with Crippen molar-refractivity contribution in [3.8, 4) is 0 Å². The maximum absolute atomic E-state index is 12.1. The zero-order valence-electron chi connectivity index (χ0n) is 13.0. The molecule has 0 spiro atoms. The van der Waals surface area contributed by atoms with Crippen molar-refractivity contribution >= 4 is 12.0 Å². The fourth-order valence-corrected chi connectivity index (χ4v) is 2.59. The van der Waals surface area contributed by atoms with Crippen LogP contribution in [0.15, 0.2) is 42.7 Å². The minimum atomic E-state index is -0.0500. The van der Waals surface area contributed by atoms with Crippen LogP contribution in [0.1, 0.15) is 29.5 Å². The number of carbonyl (C=O) groups is 1. The molecule has 1 aromatic carbocycles. The van der Waals surface area contributed by atoms with E-state index in [1.54, 1.807) is 23.0 Å². The normalized spacial score (nSPS) is 15.9. The maximum atomic E-state index is 12.1. The predicted molar refractivity (Wildman–Crippen MR) is 87.2 cm³/mol. The van der Waals surface area contributed by atoms with Gasteiger partial charge in [0.05, 0.1) is 6.20 Å². The Hall–Kier alpha value is -2.36. The second-order valence-electron chi connectivity index (χ2n) is 6.21. The molecule has 2 aromatic rings. The van der Waals surface area contributed by atoms with Crippen molar-refractivity contribution in [3.63, 3.8) is 0 Å². The van der Waals surface area contributed by atoms with Crippen molar-refractivity contribution < 1.29 is 4.79 Å². The molecule has 1 N–H and O–H groups in total. The van der Waals surface area contributed by atoms with E-state index in [0.717, 1.165) is 24.8 Å². The van der Waals surface area contributed by atoms with Crippen LogP contribution in [0.4, 0.5) is 0 Å². The van der Waals surface area contributed by atoms with Crippen LogP contribution in [0.3, 0.4) is 0 Å². The molecule has 0 aliphatic heterocycles. The summed E-state index contributed by atoms with van der Waals surface area (Å²) >= 11 is 0. The van der Waals surface area contributed by atoms with Gasteiger partial charge in [-0.15, -0.1) is 0 Å². The van der Waals surface area contributed by atoms with Gasteiger partial charge < -0.3 is 5.32 Å². The minimum Gasteiger partial charge on any atom is -0.347 e. The van der Waals surface area contributed by atoms with Crippen LogP contribution >= 0.6 is 0 Å². The summed E-state index contributed by atoms with van der Waals surface area (Å²) in [7, 11) is 1.86. The first-order valence-corrected chi connectivity index (χ1v) is 7.59. The molecule has 4 nitrogen and oxygen atoms in total. The van der Waals surface area contributed by atoms with E-state index in [0.29, 0.717) is 0 Å². The summed E-state index contributed by atoms with van der Waals surface area (Å²) in [6, 6.07) is 8.53. The molecule has 22 heavy (non-hydrogen) atoms. The summed E-state index contributed by atoms with van der Waals surface area (Å²) < 4.78 is 1.72. The lowest BCUT2D eigenvalue weighted by molar-refractivity contribution is -0.117. The molecular formula is C18H21N3O. The number of rotatable bonds is 5. The molecule has 114 valence electrons. The molecule has 0 atom stereocenters. The Morgan fingerprint density at radius 3 is 2.68 bits per heavy atom. The third-order valence-electron chi connectivity index (χ3n) is 4.06. The average molecular weight is 295 g/mol. The summed E-state index contributed by atoms with van der Waals surface area (Å²) in [5.74, 6) is -0.0338. The summed E-state index contributed by atoms with van der Waals surface area (Å²) in [5, 5.41) is 7.23. The molecule has 1 amide bonds. The van der Waals surface area contributed by atoms with Crippen molar-refractivity contribution in [1.82, 2.24) is 15.1 Å². The van der Waals surface area contributed by atoms with E-state index in [9.17, 15) is 4.79 Å². The van der Waals surface area contributed by atoms with Crippen molar-refractivity contribution in [2.75, 3.05) is 0 Å². The van der Waals surface area contributed by atoms with Gasteiger partial charge in [-0.3, -0.25) is 9.48 Å². The number of nitrogens with one attached hydrogen (secondary N) is 1. The molecule has 3 rings (SSSR count). The molecule has 1 aliphatic carbocycles. The minimum absolute atomic E-state index is 0.0338. The number of hydrogen-bond acceptors (Lipinski definition) is 2. The van der Waals surface area contributed by atoms with Gasteiger partial charge in [0.25, 0.3) is 0 Å². The molecule has 1 heterocycles. The fourth-order valence-electron chi connectivity index (χ4n) is 2.59. The van der Waals surface area contributed by atoms with Crippen LogP contribution in [0.5, 0.6) is 0 Å². The van der Waals surface area contributed by atoms with Crippen LogP contribution in [0.25, 0.3) is 6.08 Å². The monoisotopic (exact) mass is 295 g/mol. The largest absolute Gasteiger partial charge is 0.347 e. The van der Waals surface area contributed by atoms with Gasteiger partial charge in [0.2, 0.25) is 5.91 Å². The van der Waals surface area contributed by atoms with Gasteiger partial charge in [0, 0.05) is 30.4 Å². The van der Waals surface area contributed by atoms with E-state index >= 15 is 0 Å². The number of amides is 1. The van der Waals surface area contributed by atoms with Gasteiger partial charge in [-0.25, -0.2) is 0 Å². The van der Waals surface area contributed by atoms with Gasteiger partial charge in [0.1, 0.15) is 0 Å². The third kappa shape index (κ3) is 3.64. The van der Waals surface area contributed by atoms with Crippen LogP contribution < -0.4 is 5.32 Å². The van der Waals surface area contributed by atoms with Gasteiger partial charge in [0.15, 0.2) is 0 Å². The lowest BCUT2D eigenvalue weighted by atomic mass is 10.0. The Morgan fingerprint density at radius 2 is 2.09 bits per heavy atom. The molecule has 0 unspecified atom stereocenters. The Bertz CT molecular complexity index is 693. The highest BCUT2D eigenvalue weighted by atomic mass is 16.1. The maximum Gasteiger partial charge on any atom is 0.244 e. The van der Waals surface area contributed by atoms with Gasteiger partial charge in [-0.1, -0.05) is 29.8 Å². The quantitative estimate of drug-likeness (QED) is 0.862.